The lowest BCUT2D eigenvalue weighted by atomic mass is 9.89. The molecule has 2 fully saturated rings. The van der Waals surface area contributed by atoms with Gasteiger partial charge in [-0.2, -0.15) is 0 Å². The highest BCUT2D eigenvalue weighted by Gasteiger charge is 2.41. The van der Waals surface area contributed by atoms with Crippen LogP contribution in [-0.4, -0.2) is 11.5 Å². The fourth-order valence-corrected chi connectivity index (χ4v) is 4.36. The first-order valence-corrected chi connectivity index (χ1v) is 6.89. The molecule has 15 heavy (non-hydrogen) atoms. The van der Waals surface area contributed by atoms with E-state index in [-0.39, 0.29) is 0 Å². The third kappa shape index (κ3) is 1.72. The fraction of sp³-hybridized carbons (Fsp3) is 0.750. The van der Waals surface area contributed by atoms with Gasteiger partial charge in [-0.05, 0) is 37.6 Å². The zero-order chi connectivity index (χ0) is 10.3. The standard InChI is InChI=1S/C12H18N2S/c13-4-3-10-7-15-12(14-10)11-6-8-1-2-9(11)5-8/h7-9,11H,1-6,13H2. The van der Waals surface area contributed by atoms with Crippen LogP contribution in [0.15, 0.2) is 5.38 Å². The summed E-state index contributed by atoms with van der Waals surface area (Å²) in [6, 6.07) is 0. The quantitative estimate of drug-likeness (QED) is 0.853. The van der Waals surface area contributed by atoms with Gasteiger partial charge in [-0.15, -0.1) is 11.3 Å². The Labute approximate surface area is 94.9 Å². The van der Waals surface area contributed by atoms with Crippen molar-refractivity contribution in [2.24, 2.45) is 17.6 Å². The first-order chi connectivity index (χ1) is 7.36. The fourth-order valence-electron chi connectivity index (χ4n) is 3.30. The second-order valence-corrected chi connectivity index (χ2v) is 5.89. The van der Waals surface area contributed by atoms with Crippen molar-refractivity contribution in [3.05, 3.63) is 16.1 Å². The van der Waals surface area contributed by atoms with E-state index in [0.29, 0.717) is 0 Å². The van der Waals surface area contributed by atoms with Crippen LogP contribution >= 0.6 is 11.3 Å². The third-order valence-corrected chi connectivity index (χ3v) is 5.05. The minimum absolute atomic E-state index is 0.722. The Hall–Kier alpha value is -0.410. The third-order valence-electron chi connectivity index (χ3n) is 4.03. The van der Waals surface area contributed by atoms with Gasteiger partial charge in [-0.3, -0.25) is 0 Å². The van der Waals surface area contributed by atoms with Crippen molar-refractivity contribution in [2.75, 3.05) is 6.54 Å². The van der Waals surface area contributed by atoms with E-state index in [2.05, 4.69) is 5.38 Å². The smallest absolute Gasteiger partial charge is 0.0962 e. The molecule has 3 heteroatoms. The van der Waals surface area contributed by atoms with Crippen molar-refractivity contribution in [1.82, 2.24) is 4.98 Å². The maximum atomic E-state index is 5.55. The Kier molecular flexibility index (Phi) is 2.53. The molecule has 2 bridgehead atoms. The number of aromatic nitrogens is 1. The summed E-state index contributed by atoms with van der Waals surface area (Å²) in [5.74, 6) is 2.76. The molecule has 3 rings (SSSR count). The van der Waals surface area contributed by atoms with Crippen molar-refractivity contribution >= 4 is 11.3 Å². The van der Waals surface area contributed by atoms with Crippen LogP contribution < -0.4 is 5.73 Å². The lowest BCUT2D eigenvalue weighted by Crippen LogP contribution is -2.09. The number of hydrogen-bond donors (Lipinski definition) is 1. The van der Waals surface area contributed by atoms with Crippen molar-refractivity contribution < 1.29 is 0 Å². The molecule has 2 N–H and O–H groups in total. The monoisotopic (exact) mass is 222 g/mol. The summed E-state index contributed by atoms with van der Waals surface area (Å²) in [6.45, 7) is 0.722. The van der Waals surface area contributed by atoms with E-state index in [1.54, 1.807) is 0 Å². The van der Waals surface area contributed by atoms with Gasteiger partial charge in [0.05, 0.1) is 10.7 Å². The Balaban J connectivity index is 1.75. The summed E-state index contributed by atoms with van der Waals surface area (Å²) in [4.78, 5) is 4.74. The lowest BCUT2D eigenvalue weighted by molar-refractivity contribution is 0.418. The molecule has 0 radical (unpaired) electrons. The Morgan fingerprint density at radius 3 is 3.00 bits per heavy atom. The van der Waals surface area contributed by atoms with E-state index in [9.17, 15) is 0 Å². The van der Waals surface area contributed by atoms with E-state index in [1.165, 1.54) is 36.4 Å². The van der Waals surface area contributed by atoms with E-state index < -0.39 is 0 Å². The highest BCUT2D eigenvalue weighted by atomic mass is 32.1. The second kappa shape index (κ2) is 3.87. The first-order valence-electron chi connectivity index (χ1n) is 6.01. The average Bonchev–Trinajstić information content (AvgIpc) is 2.91. The lowest BCUT2D eigenvalue weighted by Gasteiger charge is -2.18. The van der Waals surface area contributed by atoms with Crippen molar-refractivity contribution in [1.29, 1.82) is 0 Å². The molecule has 0 aromatic carbocycles. The SMILES string of the molecule is NCCc1csc(C2CC3CCC2C3)n1. The molecule has 3 atom stereocenters. The normalized spacial score (nSPS) is 33.8. The largest absolute Gasteiger partial charge is 0.330 e. The summed E-state index contributed by atoms with van der Waals surface area (Å²) in [7, 11) is 0. The molecule has 0 spiro atoms. The summed E-state index contributed by atoms with van der Waals surface area (Å²) in [6.07, 6.45) is 6.73. The summed E-state index contributed by atoms with van der Waals surface area (Å²) in [5.41, 5.74) is 6.76. The molecule has 2 nitrogen and oxygen atoms in total. The van der Waals surface area contributed by atoms with Gasteiger partial charge in [-0.25, -0.2) is 4.98 Å². The zero-order valence-electron chi connectivity index (χ0n) is 8.98. The summed E-state index contributed by atoms with van der Waals surface area (Å²) in [5, 5.41) is 3.60. The van der Waals surface area contributed by atoms with Gasteiger partial charge < -0.3 is 5.73 Å². The van der Waals surface area contributed by atoms with Gasteiger partial charge in [-0.1, -0.05) is 6.42 Å². The molecular weight excluding hydrogens is 204 g/mol. The molecule has 0 saturated heterocycles. The van der Waals surface area contributed by atoms with E-state index in [4.69, 9.17) is 10.7 Å². The van der Waals surface area contributed by atoms with Gasteiger partial charge >= 0.3 is 0 Å². The molecule has 1 heterocycles. The van der Waals surface area contributed by atoms with E-state index >= 15 is 0 Å². The number of nitrogens with two attached hydrogens (primary N) is 1. The minimum Gasteiger partial charge on any atom is -0.330 e. The van der Waals surface area contributed by atoms with Gasteiger partial charge in [0.2, 0.25) is 0 Å². The predicted molar refractivity (Wildman–Crippen MR) is 63.1 cm³/mol. The Bertz CT molecular complexity index is 347. The number of nitrogens with zero attached hydrogens (tertiary/aromatic N) is 1. The van der Waals surface area contributed by atoms with Crippen LogP contribution in [0.25, 0.3) is 0 Å². The second-order valence-electron chi connectivity index (χ2n) is 5.00. The van der Waals surface area contributed by atoms with Gasteiger partial charge in [0.1, 0.15) is 0 Å². The molecule has 1 aromatic heterocycles. The topological polar surface area (TPSA) is 38.9 Å². The van der Waals surface area contributed by atoms with Crippen LogP contribution in [0.3, 0.4) is 0 Å². The van der Waals surface area contributed by atoms with Crippen molar-refractivity contribution in [3.63, 3.8) is 0 Å². The molecular formula is C12H18N2S. The maximum absolute atomic E-state index is 5.55. The minimum atomic E-state index is 0.722. The molecule has 2 aliphatic carbocycles. The van der Waals surface area contributed by atoms with Crippen molar-refractivity contribution in [3.8, 4) is 0 Å². The van der Waals surface area contributed by atoms with Crippen LogP contribution in [0, 0.1) is 11.8 Å². The number of thiazole rings is 1. The molecule has 0 aliphatic heterocycles. The molecule has 1 aromatic rings. The van der Waals surface area contributed by atoms with Crippen LogP contribution in [0.4, 0.5) is 0 Å². The van der Waals surface area contributed by atoms with Gasteiger partial charge in [0.15, 0.2) is 0 Å². The molecule has 82 valence electrons. The molecule has 2 saturated carbocycles. The molecule has 0 amide bonds. The van der Waals surface area contributed by atoms with Gasteiger partial charge in [0.25, 0.3) is 0 Å². The van der Waals surface area contributed by atoms with Gasteiger partial charge in [0, 0.05) is 17.7 Å². The molecule has 3 unspecified atom stereocenters. The van der Waals surface area contributed by atoms with Crippen molar-refractivity contribution in [2.45, 2.75) is 38.0 Å². The zero-order valence-corrected chi connectivity index (χ0v) is 9.80. The van der Waals surface area contributed by atoms with Crippen LogP contribution in [0.5, 0.6) is 0 Å². The highest BCUT2D eigenvalue weighted by Crippen LogP contribution is 2.53. The number of rotatable bonds is 3. The maximum Gasteiger partial charge on any atom is 0.0962 e. The average molecular weight is 222 g/mol. The Morgan fingerprint density at radius 2 is 2.33 bits per heavy atom. The van der Waals surface area contributed by atoms with Crippen LogP contribution in [0.2, 0.25) is 0 Å². The van der Waals surface area contributed by atoms with Crippen LogP contribution in [0.1, 0.15) is 42.3 Å². The summed E-state index contributed by atoms with van der Waals surface area (Å²) >= 11 is 1.86. The first kappa shape index (κ1) is 9.79. The van der Waals surface area contributed by atoms with E-state index in [0.717, 1.165) is 30.7 Å². The van der Waals surface area contributed by atoms with E-state index in [1.807, 2.05) is 11.3 Å². The highest BCUT2D eigenvalue weighted by molar-refractivity contribution is 7.09. The number of fused-ring (bicyclic) bond motifs is 2. The summed E-state index contributed by atoms with van der Waals surface area (Å²) < 4.78 is 0. The Morgan fingerprint density at radius 1 is 1.40 bits per heavy atom. The predicted octanol–water partition coefficient (Wildman–Crippen LogP) is 2.55. The number of hydrogen-bond acceptors (Lipinski definition) is 3. The van der Waals surface area contributed by atoms with Crippen LogP contribution in [-0.2, 0) is 6.42 Å². The molecule has 2 aliphatic rings.